The minimum atomic E-state index is 0.00816. The van der Waals surface area contributed by atoms with Crippen LogP contribution in [0.3, 0.4) is 0 Å². The molecule has 172 valence electrons. The number of halogens is 1. The molecule has 1 atom stereocenters. The highest BCUT2D eigenvalue weighted by Crippen LogP contribution is 2.31. The summed E-state index contributed by atoms with van der Waals surface area (Å²) in [5, 5.41) is 0.616. The Morgan fingerprint density at radius 2 is 1.87 bits per heavy atom. The molecule has 3 saturated heterocycles. The number of piperidine rings is 2. The molecule has 6 heteroatoms. The molecule has 1 amide bonds. The number of hydrogen-bond acceptors (Lipinski definition) is 4. The number of nitrogens with zero attached hydrogens (tertiary/aromatic N) is 2. The molecule has 0 spiro atoms. The van der Waals surface area contributed by atoms with Crippen molar-refractivity contribution in [3.63, 3.8) is 0 Å². The van der Waals surface area contributed by atoms with Crippen LogP contribution >= 0.6 is 11.6 Å². The van der Waals surface area contributed by atoms with Crippen molar-refractivity contribution in [3.8, 4) is 5.75 Å². The van der Waals surface area contributed by atoms with Gasteiger partial charge in [0.2, 0.25) is 0 Å². The average molecular weight is 449 g/mol. The summed E-state index contributed by atoms with van der Waals surface area (Å²) in [7, 11) is 0. The number of benzene rings is 1. The fraction of sp³-hybridized carbons (Fsp3) is 0.720. The molecule has 4 rings (SSSR count). The predicted octanol–water partition coefficient (Wildman–Crippen LogP) is 5.01. The number of carbonyl (C=O) groups excluding carboxylic acids is 1. The van der Waals surface area contributed by atoms with Gasteiger partial charge in [-0.05, 0) is 82.9 Å². The van der Waals surface area contributed by atoms with E-state index in [1.165, 1.54) is 6.42 Å². The first-order chi connectivity index (χ1) is 14.9. The molecule has 0 saturated carbocycles. The number of ether oxygens (including phenoxy) is 2. The molecular weight excluding hydrogens is 412 g/mol. The summed E-state index contributed by atoms with van der Waals surface area (Å²) in [6.45, 7) is 10.2. The van der Waals surface area contributed by atoms with Gasteiger partial charge in [-0.3, -0.25) is 4.79 Å². The van der Waals surface area contributed by atoms with Crippen LogP contribution in [0, 0.1) is 5.92 Å². The summed E-state index contributed by atoms with van der Waals surface area (Å²) in [4.78, 5) is 17.6. The van der Waals surface area contributed by atoms with Gasteiger partial charge in [0, 0.05) is 44.4 Å². The van der Waals surface area contributed by atoms with Crippen molar-refractivity contribution in [1.82, 2.24) is 9.80 Å². The molecule has 0 bridgehead atoms. The van der Waals surface area contributed by atoms with Crippen molar-refractivity contribution in [2.24, 2.45) is 5.92 Å². The maximum Gasteiger partial charge on any atom is 0.257 e. The summed E-state index contributed by atoms with van der Waals surface area (Å²) in [5.74, 6) is 1.43. The topological polar surface area (TPSA) is 42.0 Å². The molecule has 1 aromatic rings. The van der Waals surface area contributed by atoms with E-state index in [9.17, 15) is 4.79 Å². The lowest BCUT2D eigenvalue weighted by Crippen LogP contribution is -2.44. The highest BCUT2D eigenvalue weighted by Gasteiger charge is 2.31. The number of rotatable bonds is 5. The standard InChI is InChI=1S/C25H37ClN2O3/c1-25(2)17-19(10-15-30-25)18-27-13-8-21(9-14-27)31-23-16-20(26)6-7-22(23)24(29)28-11-4-3-5-12-28/h6-7,16,19,21H,3-5,8-15,17-18H2,1-2H3/t19-/m0/s1. The van der Waals surface area contributed by atoms with Crippen molar-refractivity contribution in [2.45, 2.75) is 70.5 Å². The van der Waals surface area contributed by atoms with Crippen LogP contribution in [0.25, 0.3) is 0 Å². The second kappa shape index (κ2) is 10.1. The fourth-order valence-corrected chi connectivity index (χ4v) is 5.47. The Labute approximate surface area is 192 Å². The molecule has 1 aromatic carbocycles. The van der Waals surface area contributed by atoms with Gasteiger partial charge < -0.3 is 19.3 Å². The third kappa shape index (κ3) is 6.15. The molecule has 3 fully saturated rings. The zero-order valence-corrected chi connectivity index (χ0v) is 19.8. The Bertz CT molecular complexity index is 755. The molecule has 3 aliphatic rings. The molecule has 0 aliphatic carbocycles. The van der Waals surface area contributed by atoms with Crippen LogP contribution in [0.15, 0.2) is 18.2 Å². The first-order valence-electron chi connectivity index (χ1n) is 12.0. The molecule has 3 heterocycles. The lowest BCUT2D eigenvalue weighted by molar-refractivity contribution is -0.0782. The van der Waals surface area contributed by atoms with Crippen molar-refractivity contribution in [1.29, 1.82) is 0 Å². The van der Waals surface area contributed by atoms with E-state index in [2.05, 4.69) is 18.7 Å². The smallest absolute Gasteiger partial charge is 0.257 e. The minimum absolute atomic E-state index is 0.00816. The number of hydrogen-bond donors (Lipinski definition) is 0. The van der Waals surface area contributed by atoms with Gasteiger partial charge in [-0.1, -0.05) is 11.6 Å². The van der Waals surface area contributed by atoms with Crippen LogP contribution in [0.2, 0.25) is 5.02 Å². The van der Waals surface area contributed by atoms with Gasteiger partial charge >= 0.3 is 0 Å². The van der Waals surface area contributed by atoms with Gasteiger partial charge in [0.25, 0.3) is 5.91 Å². The molecule has 0 radical (unpaired) electrons. The van der Waals surface area contributed by atoms with E-state index in [1.807, 2.05) is 17.0 Å². The number of amides is 1. The molecule has 31 heavy (non-hydrogen) atoms. The predicted molar refractivity (Wildman–Crippen MR) is 124 cm³/mol. The Balaban J connectivity index is 1.33. The van der Waals surface area contributed by atoms with Gasteiger partial charge in [0.1, 0.15) is 11.9 Å². The highest BCUT2D eigenvalue weighted by molar-refractivity contribution is 6.30. The van der Waals surface area contributed by atoms with E-state index in [4.69, 9.17) is 21.1 Å². The Hall–Kier alpha value is -1.30. The van der Waals surface area contributed by atoms with E-state index in [0.717, 1.165) is 77.9 Å². The number of carbonyl (C=O) groups is 1. The number of likely N-dealkylation sites (tertiary alicyclic amines) is 2. The van der Waals surface area contributed by atoms with Gasteiger partial charge in [-0.2, -0.15) is 0 Å². The monoisotopic (exact) mass is 448 g/mol. The molecule has 3 aliphatic heterocycles. The van der Waals surface area contributed by atoms with E-state index in [1.54, 1.807) is 6.07 Å². The normalized spacial score (nSPS) is 25.4. The summed E-state index contributed by atoms with van der Waals surface area (Å²) in [6.07, 6.45) is 7.76. The Morgan fingerprint density at radius 1 is 1.13 bits per heavy atom. The quantitative estimate of drug-likeness (QED) is 0.634. The van der Waals surface area contributed by atoms with Crippen LogP contribution in [-0.4, -0.2) is 66.7 Å². The van der Waals surface area contributed by atoms with Crippen LogP contribution in [0.5, 0.6) is 5.75 Å². The van der Waals surface area contributed by atoms with Gasteiger partial charge in [-0.25, -0.2) is 0 Å². The minimum Gasteiger partial charge on any atom is -0.489 e. The fourth-order valence-electron chi connectivity index (χ4n) is 5.31. The average Bonchev–Trinajstić information content (AvgIpc) is 2.75. The van der Waals surface area contributed by atoms with Crippen LogP contribution < -0.4 is 4.74 Å². The van der Waals surface area contributed by atoms with Crippen molar-refractivity contribution < 1.29 is 14.3 Å². The third-order valence-corrected chi connectivity index (χ3v) is 7.20. The molecule has 0 N–H and O–H groups in total. The zero-order chi connectivity index (χ0) is 21.8. The van der Waals surface area contributed by atoms with E-state index in [0.29, 0.717) is 22.3 Å². The molecule has 5 nitrogen and oxygen atoms in total. The van der Waals surface area contributed by atoms with Crippen molar-refractivity contribution in [3.05, 3.63) is 28.8 Å². The largest absolute Gasteiger partial charge is 0.489 e. The summed E-state index contributed by atoms with van der Waals surface area (Å²) in [5.41, 5.74) is 0.659. The van der Waals surface area contributed by atoms with E-state index >= 15 is 0 Å². The lowest BCUT2D eigenvalue weighted by Gasteiger charge is -2.39. The second-order valence-corrected chi connectivity index (χ2v) is 10.5. The SMILES string of the molecule is CC1(C)C[C@@H](CN2CCC(Oc3cc(Cl)ccc3C(=O)N3CCCCC3)CC2)CCO1. The summed E-state index contributed by atoms with van der Waals surface area (Å²) in [6, 6.07) is 5.44. The summed E-state index contributed by atoms with van der Waals surface area (Å²) < 4.78 is 12.2. The van der Waals surface area contributed by atoms with E-state index < -0.39 is 0 Å². The maximum absolute atomic E-state index is 13.1. The van der Waals surface area contributed by atoms with E-state index in [-0.39, 0.29) is 17.6 Å². The molecule has 0 aromatic heterocycles. The first-order valence-corrected chi connectivity index (χ1v) is 12.4. The highest BCUT2D eigenvalue weighted by atomic mass is 35.5. The molecule has 0 unspecified atom stereocenters. The Morgan fingerprint density at radius 3 is 2.58 bits per heavy atom. The van der Waals surface area contributed by atoms with Crippen LogP contribution in [0.4, 0.5) is 0 Å². The first kappa shape index (κ1) is 22.9. The van der Waals surface area contributed by atoms with Gasteiger partial charge in [0.05, 0.1) is 11.2 Å². The van der Waals surface area contributed by atoms with Crippen LogP contribution in [-0.2, 0) is 4.74 Å². The summed E-state index contributed by atoms with van der Waals surface area (Å²) >= 11 is 6.26. The molecular formula is C25H37ClN2O3. The van der Waals surface area contributed by atoms with Gasteiger partial charge in [0.15, 0.2) is 0 Å². The van der Waals surface area contributed by atoms with Crippen molar-refractivity contribution >= 4 is 17.5 Å². The Kier molecular flexibility index (Phi) is 7.45. The zero-order valence-electron chi connectivity index (χ0n) is 19.1. The van der Waals surface area contributed by atoms with Crippen LogP contribution in [0.1, 0.15) is 69.2 Å². The van der Waals surface area contributed by atoms with Gasteiger partial charge in [-0.15, -0.1) is 0 Å². The third-order valence-electron chi connectivity index (χ3n) is 6.96. The van der Waals surface area contributed by atoms with Crippen molar-refractivity contribution in [2.75, 3.05) is 39.3 Å². The second-order valence-electron chi connectivity index (χ2n) is 10.1. The lowest BCUT2D eigenvalue weighted by atomic mass is 9.87. The maximum atomic E-state index is 13.1.